The molecule has 4 nitrogen and oxygen atoms in total. The highest BCUT2D eigenvalue weighted by molar-refractivity contribution is 5.69. The summed E-state index contributed by atoms with van der Waals surface area (Å²) in [5.74, 6) is -1.06. The fraction of sp³-hybridized carbons (Fsp3) is 0.143. The van der Waals surface area contributed by atoms with Crippen LogP contribution in [-0.2, 0) is 10.4 Å². The monoisotopic (exact) mass is 243 g/mol. The molecule has 1 aromatic heterocycles. The molecule has 4 heteroatoms. The van der Waals surface area contributed by atoms with Crippen molar-refractivity contribution in [2.75, 3.05) is 0 Å². The standard InChI is InChI=1S/C14H13NO3/c16-13(17)10-14(18,11-4-2-1-3-5-11)12-6-8-15-9-7-12/h1-9,18H,10H2,(H,16,17). The third-order valence-corrected chi connectivity index (χ3v) is 2.82. The minimum absolute atomic E-state index is 0.388. The van der Waals surface area contributed by atoms with E-state index in [1.54, 1.807) is 36.4 Å². The van der Waals surface area contributed by atoms with Gasteiger partial charge in [-0.15, -0.1) is 0 Å². The van der Waals surface area contributed by atoms with E-state index in [0.717, 1.165) is 0 Å². The molecule has 0 amide bonds. The average Bonchev–Trinajstić information content (AvgIpc) is 2.40. The zero-order valence-corrected chi connectivity index (χ0v) is 9.65. The molecule has 0 saturated carbocycles. The molecule has 92 valence electrons. The Hall–Kier alpha value is -2.20. The second-order valence-corrected chi connectivity index (χ2v) is 4.03. The number of carbonyl (C=O) groups is 1. The number of carboxylic acid groups (broad SMARTS) is 1. The van der Waals surface area contributed by atoms with Crippen molar-refractivity contribution in [1.82, 2.24) is 4.98 Å². The molecular formula is C14H13NO3. The maximum Gasteiger partial charge on any atom is 0.306 e. The number of carboxylic acids is 1. The average molecular weight is 243 g/mol. The number of aliphatic hydroxyl groups is 1. The lowest BCUT2D eigenvalue weighted by atomic mass is 9.84. The first kappa shape index (κ1) is 12.3. The van der Waals surface area contributed by atoms with E-state index >= 15 is 0 Å². The van der Waals surface area contributed by atoms with E-state index in [4.69, 9.17) is 5.11 Å². The lowest BCUT2D eigenvalue weighted by Gasteiger charge is -2.27. The first-order valence-corrected chi connectivity index (χ1v) is 5.53. The molecular weight excluding hydrogens is 230 g/mol. The number of rotatable bonds is 4. The molecule has 2 N–H and O–H groups in total. The molecule has 2 rings (SSSR count). The van der Waals surface area contributed by atoms with Gasteiger partial charge < -0.3 is 10.2 Å². The van der Waals surface area contributed by atoms with Gasteiger partial charge in [-0.1, -0.05) is 30.3 Å². The fourth-order valence-corrected chi connectivity index (χ4v) is 1.93. The normalized spacial score (nSPS) is 13.8. The van der Waals surface area contributed by atoms with Crippen LogP contribution in [0.3, 0.4) is 0 Å². The second kappa shape index (κ2) is 4.98. The number of hydrogen-bond donors (Lipinski definition) is 2. The van der Waals surface area contributed by atoms with E-state index in [2.05, 4.69) is 4.98 Å². The molecule has 2 aromatic rings. The van der Waals surface area contributed by atoms with Gasteiger partial charge in [0.1, 0.15) is 5.60 Å². The molecule has 0 bridgehead atoms. The Bertz CT molecular complexity index is 486. The SMILES string of the molecule is O=C(O)CC(O)(c1ccccc1)c1ccncc1. The zero-order chi connectivity index (χ0) is 13.0. The van der Waals surface area contributed by atoms with Gasteiger partial charge in [0.2, 0.25) is 0 Å². The molecule has 0 spiro atoms. The Morgan fingerprint density at radius 3 is 2.17 bits per heavy atom. The van der Waals surface area contributed by atoms with Crippen molar-refractivity contribution in [3.8, 4) is 0 Å². The summed E-state index contributed by atoms with van der Waals surface area (Å²) in [4.78, 5) is 14.9. The molecule has 18 heavy (non-hydrogen) atoms. The predicted molar refractivity (Wildman–Crippen MR) is 65.9 cm³/mol. The van der Waals surface area contributed by atoms with Gasteiger partial charge in [0.15, 0.2) is 0 Å². The van der Waals surface area contributed by atoms with Gasteiger partial charge in [0.05, 0.1) is 6.42 Å². The van der Waals surface area contributed by atoms with Gasteiger partial charge >= 0.3 is 5.97 Å². The van der Waals surface area contributed by atoms with Crippen LogP contribution in [0.1, 0.15) is 17.5 Å². The molecule has 1 unspecified atom stereocenters. The van der Waals surface area contributed by atoms with Crippen molar-refractivity contribution in [3.63, 3.8) is 0 Å². The fourth-order valence-electron chi connectivity index (χ4n) is 1.93. The Kier molecular flexibility index (Phi) is 3.39. The summed E-state index contributed by atoms with van der Waals surface area (Å²) in [5.41, 5.74) is -0.458. The number of benzene rings is 1. The molecule has 0 aliphatic rings. The van der Waals surface area contributed by atoms with Gasteiger partial charge in [-0.3, -0.25) is 9.78 Å². The second-order valence-electron chi connectivity index (χ2n) is 4.03. The Morgan fingerprint density at radius 2 is 1.61 bits per heavy atom. The molecule has 1 aromatic carbocycles. The van der Waals surface area contributed by atoms with Crippen molar-refractivity contribution >= 4 is 5.97 Å². The third-order valence-electron chi connectivity index (χ3n) is 2.82. The van der Waals surface area contributed by atoms with Crippen LogP contribution in [0.4, 0.5) is 0 Å². The summed E-state index contributed by atoms with van der Waals surface area (Å²) in [7, 11) is 0. The topological polar surface area (TPSA) is 70.4 Å². The number of aliphatic carboxylic acids is 1. The van der Waals surface area contributed by atoms with E-state index in [-0.39, 0.29) is 6.42 Å². The summed E-state index contributed by atoms with van der Waals surface area (Å²) in [5, 5.41) is 19.7. The van der Waals surface area contributed by atoms with Gasteiger partial charge in [-0.2, -0.15) is 0 Å². The van der Waals surface area contributed by atoms with Crippen LogP contribution in [0.5, 0.6) is 0 Å². The Labute approximate surface area is 105 Å². The van der Waals surface area contributed by atoms with E-state index < -0.39 is 11.6 Å². The van der Waals surface area contributed by atoms with Crippen LogP contribution in [0.25, 0.3) is 0 Å². The third kappa shape index (κ3) is 2.38. The number of nitrogens with zero attached hydrogens (tertiary/aromatic N) is 1. The zero-order valence-electron chi connectivity index (χ0n) is 9.65. The number of hydrogen-bond acceptors (Lipinski definition) is 3. The quantitative estimate of drug-likeness (QED) is 0.858. The highest BCUT2D eigenvalue weighted by Gasteiger charge is 2.34. The first-order chi connectivity index (χ1) is 8.63. The number of pyridine rings is 1. The van der Waals surface area contributed by atoms with Gasteiger partial charge in [-0.05, 0) is 23.3 Å². The highest BCUT2D eigenvalue weighted by atomic mass is 16.4. The van der Waals surface area contributed by atoms with Gasteiger partial charge in [-0.25, -0.2) is 0 Å². The molecule has 0 radical (unpaired) electrons. The molecule has 0 saturated heterocycles. The van der Waals surface area contributed by atoms with Crippen molar-refractivity contribution in [1.29, 1.82) is 0 Å². The van der Waals surface area contributed by atoms with Crippen LogP contribution in [-0.4, -0.2) is 21.2 Å². The van der Waals surface area contributed by atoms with Crippen LogP contribution < -0.4 is 0 Å². The van der Waals surface area contributed by atoms with Gasteiger partial charge in [0.25, 0.3) is 0 Å². The van der Waals surface area contributed by atoms with Crippen LogP contribution in [0.15, 0.2) is 54.9 Å². The minimum Gasteiger partial charge on any atom is -0.481 e. The maximum atomic E-state index is 11.0. The number of aromatic nitrogens is 1. The minimum atomic E-state index is -1.53. The van der Waals surface area contributed by atoms with E-state index in [1.807, 2.05) is 6.07 Å². The van der Waals surface area contributed by atoms with Crippen LogP contribution in [0, 0.1) is 0 Å². The summed E-state index contributed by atoms with van der Waals surface area (Å²) in [6.45, 7) is 0. The molecule has 1 atom stereocenters. The van der Waals surface area contributed by atoms with E-state index in [9.17, 15) is 9.90 Å². The largest absolute Gasteiger partial charge is 0.481 e. The summed E-state index contributed by atoms with van der Waals surface area (Å²) >= 11 is 0. The highest BCUT2D eigenvalue weighted by Crippen LogP contribution is 2.32. The van der Waals surface area contributed by atoms with Crippen molar-refractivity contribution in [2.45, 2.75) is 12.0 Å². The maximum absolute atomic E-state index is 11.0. The van der Waals surface area contributed by atoms with E-state index in [0.29, 0.717) is 11.1 Å². The smallest absolute Gasteiger partial charge is 0.306 e. The predicted octanol–water partition coefficient (Wildman–Crippen LogP) is 1.79. The summed E-state index contributed by atoms with van der Waals surface area (Å²) in [6.07, 6.45) is 2.68. The van der Waals surface area contributed by atoms with Crippen molar-refractivity contribution in [3.05, 3.63) is 66.0 Å². The van der Waals surface area contributed by atoms with Crippen LogP contribution in [0.2, 0.25) is 0 Å². The first-order valence-electron chi connectivity index (χ1n) is 5.53. The Morgan fingerprint density at radius 1 is 1.06 bits per heavy atom. The lowest BCUT2D eigenvalue weighted by Crippen LogP contribution is -2.30. The van der Waals surface area contributed by atoms with E-state index in [1.165, 1.54) is 12.4 Å². The molecule has 0 aliphatic carbocycles. The van der Waals surface area contributed by atoms with Crippen LogP contribution >= 0.6 is 0 Å². The molecule has 0 fully saturated rings. The van der Waals surface area contributed by atoms with Crippen molar-refractivity contribution in [2.24, 2.45) is 0 Å². The summed E-state index contributed by atoms with van der Waals surface area (Å²) in [6, 6.07) is 12.0. The van der Waals surface area contributed by atoms with Crippen molar-refractivity contribution < 1.29 is 15.0 Å². The molecule has 0 aliphatic heterocycles. The molecule has 1 heterocycles. The van der Waals surface area contributed by atoms with Gasteiger partial charge in [0, 0.05) is 12.4 Å². The Balaban J connectivity index is 2.51. The lowest BCUT2D eigenvalue weighted by molar-refractivity contribution is -0.141. The summed E-state index contributed by atoms with van der Waals surface area (Å²) < 4.78 is 0.